The number of phenolic OH excluding ortho intramolecular Hbond substituents is 1. The molecule has 0 spiro atoms. The van der Waals surface area contributed by atoms with Crippen LogP contribution in [0.25, 0.3) is 0 Å². The molecule has 0 saturated heterocycles. The Balaban J connectivity index is 2.71. The molecule has 0 fully saturated rings. The molecule has 1 atom stereocenters. The fourth-order valence-electron chi connectivity index (χ4n) is 1.42. The van der Waals surface area contributed by atoms with Crippen LogP contribution in [-0.4, -0.2) is 28.4 Å². The van der Waals surface area contributed by atoms with E-state index < -0.39 is 12.1 Å². The predicted molar refractivity (Wildman–Crippen MR) is 59.5 cm³/mol. The monoisotopic (exact) mass is 224 g/mol. The summed E-state index contributed by atoms with van der Waals surface area (Å²) in [6.45, 7) is 3.58. The van der Waals surface area contributed by atoms with Crippen LogP contribution in [0.15, 0.2) is 24.3 Å². The van der Waals surface area contributed by atoms with Gasteiger partial charge in [0.05, 0.1) is 6.10 Å². The van der Waals surface area contributed by atoms with Crippen LogP contribution in [-0.2, 0) is 16.0 Å². The van der Waals surface area contributed by atoms with Crippen molar-refractivity contribution in [3.63, 3.8) is 0 Å². The highest BCUT2D eigenvalue weighted by Gasteiger charge is 2.20. The number of carbonyl (C=O) groups is 1. The molecule has 0 aromatic heterocycles. The molecule has 1 aromatic rings. The zero-order chi connectivity index (χ0) is 12.1. The minimum absolute atomic E-state index is 0.131. The van der Waals surface area contributed by atoms with E-state index in [1.54, 1.807) is 38.1 Å². The van der Waals surface area contributed by atoms with Gasteiger partial charge in [0, 0.05) is 6.42 Å². The van der Waals surface area contributed by atoms with Gasteiger partial charge in [0.2, 0.25) is 0 Å². The smallest absolute Gasteiger partial charge is 0.333 e. The van der Waals surface area contributed by atoms with Crippen LogP contribution in [0.4, 0.5) is 0 Å². The van der Waals surface area contributed by atoms with Crippen molar-refractivity contribution >= 4 is 5.97 Å². The molecule has 0 radical (unpaired) electrons. The summed E-state index contributed by atoms with van der Waals surface area (Å²) >= 11 is 0. The molecular weight excluding hydrogens is 208 g/mol. The highest BCUT2D eigenvalue weighted by Crippen LogP contribution is 2.14. The van der Waals surface area contributed by atoms with Gasteiger partial charge < -0.3 is 14.9 Å². The van der Waals surface area contributed by atoms with E-state index >= 15 is 0 Å². The van der Waals surface area contributed by atoms with Crippen molar-refractivity contribution in [2.75, 3.05) is 0 Å². The quantitative estimate of drug-likeness (QED) is 0.800. The lowest BCUT2D eigenvalue weighted by Crippen LogP contribution is -2.29. The second kappa shape index (κ2) is 5.51. The molecule has 0 aliphatic heterocycles. The molecule has 1 unspecified atom stereocenters. The van der Waals surface area contributed by atoms with E-state index in [9.17, 15) is 9.90 Å². The zero-order valence-corrected chi connectivity index (χ0v) is 9.38. The third-order valence-corrected chi connectivity index (χ3v) is 2.04. The molecule has 88 valence electrons. The van der Waals surface area contributed by atoms with Crippen LogP contribution in [0.5, 0.6) is 5.75 Å². The molecular formula is C12H16O4. The predicted octanol–water partition coefficient (Wildman–Crippen LogP) is 1.81. The van der Waals surface area contributed by atoms with Crippen molar-refractivity contribution in [2.24, 2.45) is 0 Å². The molecule has 4 heteroatoms. The lowest BCUT2D eigenvalue weighted by Gasteiger charge is -2.16. The Kier molecular flexibility index (Phi) is 4.31. The van der Waals surface area contributed by atoms with E-state index in [0.717, 1.165) is 5.56 Å². The molecule has 4 nitrogen and oxygen atoms in total. The summed E-state index contributed by atoms with van der Waals surface area (Å²) in [5, 5.41) is 18.2. The molecule has 0 aliphatic rings. The number of benzene rings is 1. The Morgan fingerprint density at radius 2 is 2.12 bits per heavy atom. The molecule has 0 bridgehead atoms. The summed E-state index contributed by atoms with van der Waals surface area (Å²) in [5.41, 5.74) is 0.744. The van der Waals surface area contributed by atoms with Gasteiger partial charge in [0.25, 0.3) is 0 Å². The SMILES string of the molecule is CC(C)OC(Cc1cccc(O)c1)C(=O)O. The zero-order valence-electron chi connectivity index (χ0n) is 9.38. The Morgan fingerprint density at radius 3 is 2.62 bits per heavy atom. The number of carboxylic acids is 1. The number of aromatic hydroxyl groups is 1. The first-order valence-electron chi connectivity index (χ1n) is 5.15. The van der Waals surface area contributed by atoms with Gasteiger partial charge in [-0.15, -0.1) is 0 Å². The Bertz CT molecular complexity index is 360. The van der Waals surface area contributed by atoms with Crippen LogP contribution in [0.3, 0.4) is 0 Å². The van der Waals surface area contributed by atoms with Gasteiger partial charge in [-0.05, 0) is 31.5 Å². The molecule has 0 aliphatic carbocycles. The molecule has 0 saturated carbocycles. The minimum atomic E-state index is -0.989. The highest BCUT2D eigenvalue weighted by atomic mass is 16.5. The molecule has 16 heavy (non-hydrogen) atoms. The van der Waals surface area contributed by atoms with E-state index in [4.69, 9.17) is 9.84 Å². The average molecular weight is 224 g/mol. The summed E-state index contributed by atoms with van der Waals surface area (Å²) in [6.07, 6.45) is -0.762. The van der Waals surface area contributed by atoms with Crippen molar-refractivity contribution in [2.45, 2.75) is 32.5 Å². The maximum atomic E-state index is 10.9. The molecule has 1 aromatic carbocycles. The number of hydrogen-bond donors (Lipinski definition) is 2. The van der Waals surface area contributed by atoms with Crippen molar-refractivity contribution < 1.29 is 19.7 Å². The topological polar surface area (TPSA) is 66.8 Å². The summed E-state index contributed by atoms with van der Waals surface area (Å²) in [4.78, 5) is 10.9. The van der Waals surface area contributed by atoms with E-state index in [2.05, 4.69) is 0 Å². The van der Waals surface area contributed by atoms with Gasteiger partial charge in [-0.1, -0.05) is 12.1 Å². The van der Waals surface area contributed by atoms with E-state index in [1.165, 1.54) is 0 Å². The van der Waals surface area contributed by atoms with Crippen molar-refractivity contribution in [1.82, 2.24) is 0 Å². The summed E-state index contributed by atoms with van der Waals surface area (Å²) in [6, 6.07) is 6.53. The van der Waals surface area contributed by atoms with Gasteiger partial charge in [0.1, 0.15) is 5.75 Å². The molecule has 0 amide bonds. The van der Waals surface area contributed by atoms with Crippen molar-refractivity contribution in [3.8, 4) is 5.75 Å². The van der Waals surface area contributed by atoms with Gasteiger partial charge in [-0.25, -0.2) is 4.79 Å². The van der Waals surface area contributed by atoms with Crippen molar-refractivity contribution in [3.05, 3.63) is 29.8 Å². The standard InChI is InChI=1S/C12H16O4/c1-8(2)16-11(12(14)15)7-9-4-3-5-10(13)6-9/h3-6,8,11,13H,7H2,1-2H3,(H,14,15). The number of rotatable bonds is 5. The molecule has 0 heterocycles. The largest absolute Gasteiger partial charge is 0.508 e. The second-order valence-corrected chi connectivity index (χ2v) is 3.89. The number of phenols is 1. The normalized spacial score (nSPS) is 12.7. The Hall–Kier alpha value is -1.55. The van der Waals surface area contributed by atoms with Gasteiger partial charge >= 0.3 is 5.97 Å². The van der Waals surface area contributed by atoms with E-state index in [0.29, 0.717) is 0 Å². The third-order valence-electron chi connectivity index (χ3n) is 2.04. The first-order chi connectivity index (χ1) is 7.49. The van der Waals surface area contributed by atoms with Gasteiger partial charge in [-0.2, -0.15) is 0 Å². The third kappa shape index (κ3) is 3.90. The van der Waals surface area contributed by atoms with Crippen LogP contribution in [0.1, 0.15) is 19.4 Å². The van der Waals surface area contributed by atoms with Crippen LogP contribution in [0.2, 0.25) is 0 Å². The number of ether oxygens (including phenoxy) is 1. The first-order valence-corrected chi connectivity index (χ1v) is 5.15. The maximum absolute atomic E-state index is 10.9. The molecule has 2 N–H and O–H groups in total. The number of aliphatic carboxylic acids is 1. The van der Waals surface area contributed by atoms with E-state index in [1.807, 2.05) is 0 Å². The Morgan fingerprint density at radius 1 is 1.44 bits per heavy atom. The lowest BCUT2D eigenvalue weighted by molar-refractivity contribution is -0.153. The van der Waals surface area contributed by atoms with Crippen LogP contribution >= 0.6 is 0 Å². The maximum Gasteiger partial charge on any atom is 0.333 e. The number of hydrogen-bond acceptors (Lipinski definition) is 3. The van der Waals surface area contributed by atoms with Gasteiger partial charge in [0.15, 0.2) is 6.10 Å². The Labute approximate surface area is 94.5 Å². The van der Waals surface area contributed by atoms with Gasteiger partial charge in [-0.3, -0.25) is 0 Å². The minimum Gasteiger partial charge on any atom is -0.508 e. The summed E-state index contributed by atoms with van der Waals surface area (Å²) < 4.78 is 5.27. The fourth-order valence-corrected chi connectivity index (χ4v) is 1.42. The van der Waals surface area contributed by atoms with Crippen LogP contribution in [0, 0.1) is 0 Å². The lowest BCUT2D eigenvalue weighted by atomic mass is 10.1. The van der Waals surface area contributed by atoms with Crippen LogP contribution < -0.4 is 0 Å². The fraction of sp³-hybridized carbons (Fsp3) is 0.417. The van der Waals surface area contributed by atoms with E-state index in [-0.39, 0.29) is 18.3 Å². The summed E-state index contributed by atoms with van der Waals surface area (Å²) in [5.74, 6) is -0.858. The number of carboxylic acid groups (broad SMARTS) is 1. The highest BCUT2D eigenvalue weighted by molar-refractivity contribution is 5.72. The first kappa shape index (κ1) is 12.5. The van der Waals surface area contributed by atoms with Crippen molar-refractivity contribution in [1.29, 1.82) is 0 Å². The summed E-state index contributed by atoms with van der Waals surface area (Å²) in [7, 11) is 0. The average Bonchev–Trinajstić information content (AvgIpc) is 2.15. The molecule has 1 rings (SSSR count). The second-order valence-electron chi connectivity index (χ2n) is 3.89.